The van der Waals surface area contributed by atoms with E-state index in [-0.39, 0.29) is 21.4 Å². The molecular formula is C17H12ClFN4O3S. The molecule has 1 amide bonds. The number of aromatic nitrogens is 2. The molecule has 0 radical (unpaired) electrons. The third-order valence-electron chi connectivity index (χ3n) is 3.41. The van der Waals surface area contributed by atoms with Crippen molar-refractivity contribution >= 4 is 39.0 Å². The second-order valence-electron chi connectivity index (χ2n) is 5.31. The summed E-state index contributed by atoms with van der Waals surface area (Å²) in [7, 11) is -3.90. The zero-order valence-electron chi connectivity index (χ0n) is 13.6. The van der Waals surface area contributed by atoms with Gasteiger partial charge in [0.05, 0.1) is 10.5 Å². The van der Waals surface area contributed by atoms with E-state index in [1.807, 2.05) is 0 Å². The first-order chi connectivity index (χ1) is 12.8. The first-order valence-electron chi connectivity index (χ1n) is 7.53. The highest BCUT2D eigenvalue weighted by Crippen LogP contribution is 2.18. The van der Waals surface area contributed by atoms with Gasteiger partial charge in [0.15, 0.2) is 11.0 Å². The predicted molar refractivity (Wildman–Crippen MR) is 98.6 cm³/mol. The number of amides is 1. The van der Waals surface area contributed by atoms with Crippen LogP contribution in [0.3, 0.4) is 0 Å². The molecule has 0 unspecified atom stereocenters. The minimum absolute atomic E-state index is 0.0105. The van der Waals surface area contributed by atoms with E-state index in [1.54, 1.807) is 6.07 Å². The van der Waals surface area contributed by atoms with Crippen LogP contribution in [0.25, 0.3) is 0 Å². The van der Waals surface area contributed by atoms with Gasteiger partial charge < -0.3 is 5.32 Å². The van der Waals surface area contributed by atoms with E-state index in [9.17, 15) is 17.6 Å². The lowest BCUT2D eigenvalue weighted by atomic mass is 10.2. The van der Waals surface area contributed by atoms with Crippen LogP contribution in [-0.4, -0.2) is 24.5 Å². The number of halogens is 2. The molecule has 0 aliphatic carbocycles. The molecule has 27 heavy (non-hydrogen) atoms. The molecule has 1 aromatic heterocycles. The molecule has 2 N–H and O–H groups in total. The summed E-state index contributed by atoms with van der Waals surface area (Å²) < 4.78 is 40.6. The lowest BCUT2D eigenvalue weighted by Crippen LogP contribution is -2.15. The number of carbonyl (C=O) groups excluding carboxylic acids is 1. The van der Waals surface area contributed by atoms with Crippen LogP contribution in [0.1, 0.15) is 10.4 Å². The van der Waals surface area contributed by atoms with Crippen LogP contribution in [0.5, 0.6) is 0 Å². The highest BCUT2D eigenvalue weighted by atomic mass is 35.5. The van der Waals surface area contributed by atoms with Gasteiger partial charge in [-0.1, -0.05) is 23.7 Å². The van der Waals surface area contributed by atoms with Crippen molar-refractivity contribution in [3.8, 4) is 0 Å². The Hall–Kier alpha value is -3.04. The molecule has 0 spiro atoms. The lowest BCUT2D eigenvalue weighted by molar-refractivity contribution is 0.102. The van der Waals surface area contributed by atoms with E-state index in [2.05, 4.69) is 20.2 Å². The monoisotopic (exact) mass is 406 g/mol. The fourth-order valence-corrected chi connectivity index (χ4v) is 3.23. The van der Waals surface area contributed by atoms with Crippen LogP contribution < -0.4 is 10.0 Å². The van der Waals surface area contributed by atoms with E-state index in [0.29, 0.717) is 5.69 Å². The van der Waals surface area contributed by atoms with Gasteiger partial charge in [-0.05, 0) is 48.5 Å². The second-order valence-corrected chi connectivity index (χ2v) is 7.37. The summed E-state index contributed by atoms with van der Waals surface area (Å²) in [6.07, 6.45) is 0. The van der Waals surface area contributed by atoms with Crippen molar-refractivity contribution in [2.75, 3.05) is 10.0 Å². The van der Waals surface area contributed by atoms with Gasteiger partial charge in [-0.15, -0.1) is 10.2 Å². The number of carbonyl (C=O) groups is 1. The summed E-state index contributed by atoms with van der Waals surface area (Å²) in [5, 5.41) is 9.81. The molecule has 0 aliphatic rings. The summed E-state index contributed by atoms with van der Waals surface area (Å²) in [5.41, 5.74) is 0.200. The van der Waals surface area contributed by atoms with E-state index in [0.717, 1.165) is 0 Å². The second kappa shape index (κ2) is 7.68. The number of hydrogen-bond acceptors (Lipinski definition) is 5. The maximum absolute atomic E-state index is 13.6. The molecule has 3 aromatic rings. The molecule has 1 heterocycles. The van der Waals surface area contributed by atoms with Crippen molar-refractivity contribution < 1.29 is 17.6 Å². The van der Waals surface area contributed by atoms with E-state index in [1.165, 1.54) is 54.6 Å². The molecule has 0 atom stereocenters. The Balaban J connectivity index is 1.73. The number of sulfonamides is 1. The summed E-state index contributed by atoms with van der Waals surface area (Å²) in [6, 6.07) is 13.7. The number of hydrogen-bond donors (Lipinski definition) is 2. The van der Waals surface area contributed by atoms with Gasteiger partial charge in [-0.3, -0.25) is 9.52 Å². The minimum Gasteiger partial charge on any atom is -0.322 e. The fourth-order valence-electron chi connectivity index (χ4n) is 2.13. The number of anilines is 2. The molecule has 10 heteroatoms. The van der Waals surface area contributed by atoms with Crippen molar-refractivity contribution in [3.63, 3.8) is 0 Å². The van der Waals surface area contributed by atoms with Crippen molar-refractivity contribution in [2.24, 2.45) is 0 Å². The highest BCUT2D eigenvalue weighted by Gasteiger charge is 2.16. The van der Waals surface area contributed by atoms with Crippen LogP contribution in [0.15, 0.2) is 65.6 Å². The van der Waals surface area contributed by atoms with Gasteiger partial charge in [-0.25, -0.2) is 12.8 Å². The van der Waals surface area contributed by atoms with Gasteiger partial charge in [0, 0.05) is 5.69 Å². The lowest BCUT2D eigenvalue weighted by Gasteiger charge is -2.09. The minimum atomic E-state index is -3.90. The maximum Gasteiger partial charge on any atom is 0.263 e. The molecule has 0 saturated carbocycles. The highest BCUT2D eigenvalue weighted by molar-refractivity contribution is 7.92. The summed E-state index contributed by atoms with van der Waals surface area (Å²) >= 11 is 5.60. The van der Waals surface area contributed by atoms with Crippen LogP contribution in [-0.2, 0) is 10.0 Å². The van der Waals surface area contributed by atoms with Crippen LogP contribution >= 0.6 is 11.6 Å². The van der Waals surface area contributed by atoms with Gasteiger partial charge >= 0.3 is 0 Å². The number of nitrogens with zero attached hydrogens (tertiary/aromatic N) is 2. The molecule has 7 nitrogen and oxygen atoms in total. The Morgan fingerprint density at radius 1 is 0.963 bits per heavy atom. The zero-order chi connectivity index (χ0) is 19.4. The average molecular weight is 407 g/mol. The molecule has 3 rings (SSSR count). The van der Waals surface area contributed by atoms with E-state index >= 15 is 0 Å². The third kappa shape index (κ3) is 4.57. The Bertz CT molecular complexity index is 1070. The molecule has 138 valence electrons. The number of nitrogens with one attached hydrogen (secondary N) is 2. The van der Waals surface area contributed by atoms with Crippen molar-refractivity contribution in [1.29, 1.82) is 0 Å². The number of benzene rings is 2. The smallest absolute Gasteiger partial charge is 0.263 e. The third-order valence-corrected chi connectivity index (χ3v) is 4.98. The molecule has 0 saturated heterocycles. The first kappa shape index (κ1) is 18.7. The van der Waals surface area contributed by atoms with Crippen LogP contribution in [0, 0.1) is 5.82 Å². The molecule has 0 fully saturated rings. The number of rotatable bonds is 5. The molecule has 0 bridgehead atoms. The SMILES string of the molecule is O=C(Nc1ccc(S(=O)(=O)Nc2ccc(Cl)nn2)cc1)c1ccccc1F. The summed E-state index contributed by atoms with van der Waals surface area (Å²) in [5.74, 6) is -1.28. The Morgan fingerprint density at radius 3 is 2.30 bits per heavy atom. The largest absolute Gasteiger partial charge is 0.322 e. The first-order valence-corrected chi connectivity index (χ1v) is 9.39. The normalized spacial score (nSPS) is 11.0. The predicted octanol–water partition coefficient (Wildman–Crippen LogP) is 3.32. The Morgan fingerprint density at radius 2 is 1.67 bits per heavy atom. The Kier molecular flexibility index (Phi) is 5.33. The maximum atomic E-state index is 13.6. The van der Waals surface area contributed by atoms with Crippen molar-refractivity contribution in [1.82, 2.24) is 10.2 Å². The van der Waals surface area contributed by atoms with Gasteiger partial charge in [-0.2, -0.15) is 0 Å². The van der Waals surface area contributed by atoms with Crippen molar-refractivity contribution in [2.45, 2.75) is 4.90 Å². The van der Waals surface area contributed by atoms with E-state index < -0.39 is 21.7 Å². The molecule has 0 aliphatic heterocycles. The van der Waals surface area contributed by atoms with Crippen LogP contribution in [0.2, 0.25) is 5.15 Å². The zero-order valence-corrected chi connectivity index (χ0v) is 15.1. The van der Waals surface area contributed by atoms with Crippen molar-refractivity contribution in [3.05, 3.63) is 77.2 Å². The van der Waals surface area contributed by atoms with Gasteiger partial charge in [0.1, 0.15) is 5.82 Å². The fraction of sp³-hybridized carbons (Fsp3) is 0. The summed E-state index contributed by atoms with van der Waals surface area (Å²) in [6.45, 7) is 0. The average Bonchev–Trinajstić information content (AvgIpc) is 2.64. The topological polar surface area (TPSA) is 101 Å². The van der Waals surface area contributed by atoms with E-state index in [4.69, 9.17) is 11.6 Å². The van der Waals surface area contributed by atoms with Gasteiger partial charge in [0.2, 0.25) is 0 Å². The quantitative estimate of drug-likeness (QED) is 0.676. The molecule has 2 aromatic carbocycles. The summed E-state index contributed by atoms with van der Waals surface area (Å²) in [4.78, 5) is 12.0. The Labute approximate surface area is 159 Å². The van der Waals surface area contributed by atoms with Crippen LogP contribution in [0.4, 0.5) is 15.9 Å². The molecular weight excluding hydrogens is 395 g/mol. The standard InChI is InChI=1S/C17H12ClFN4O3S/c18-15-9-10-16(22-21-15)23-27(25,26)12-7-5-11(6-8-12)20-17(24)13-3-1-2-4-14(13)19/h1-10H,(H,20,24)(H,22,23). The van der Waals surface area contributed by atoms with Gasteiger partial charge in [0.25, 0.3) is 15.9 Å².